The van der Waals surface area contributed by atoms with Crippen molar-refractivity contribution < 1.29 is 9.53 Å². The number of nitrogens with zero attached hydrogens (tertiary/aromatic N) is 2. The van der Waals surface area contributed by atoms with Gasteiger partial charge in [-0.1, -0.05) is 11.6 Å². The van der Waals surface area contributed by atoms with E-state index in [9.17, 15) is 4.79 Å². The van der Waals surface area contributed by atoms with Gasteiger partial charge < -0.3 is 10.1 Å². The standard InChI is InChI=1S/C11H16ClN3O2/c1-17-5-4-15-10(9(12)7-14-15)11(16)8-2-3-13-6-8/h7-8,13H,2-6H2,1H3. The van der Waals surface area contributed by atoms with Crippen LogP contribution in [0.25, 0.3) is 0 Å². The molecule has 0 aliphatic carbocycles. The Bertz CT molecular complexity index is 399. The average molecular weight is 258 g/mol. The minimum atomic E-state index is 0.0190. The zero-order valence-corrected chi connectivity index (χ0v) is 10.5. The van der Waals surface area contributed by atoms with Crippen LogP contribution in [0.2, 0.25) is 5.02 Å². The van der Waals surface area contributed by atoms with Gasteiger partial charge in [-0.15, -0.1) is 0 Å². The van der Waals surface area contributed by atoms with Crippen LogP contribution < -0.4 is 5.32 Å². The summed E-state index contributed by atoms with van der Waals surface area (Å²) < 4.78 is 6.62. The van der Waals surface area contributed by atoms with Crippen molar-refractivity contribution in [3.05, 3.63) is 16.9 Å². The third kappa shape index (κ3) is 2.68. The molecule has 1 aromatic heterocycles. The molecule has 94 valence electrons. The number of Topliss-reactive ketones (excluding diaryl/α,β-unsaturated/α-hetero) is 1. The highest BCUT2D eigenvalue weighted by Crippen LogP contribution is 2.22. The van der Waals surface area contributed by atoms with E-state index in [1.54, 1.807) is 11.8 Å². The SMILES string of the molecule is COCCn1ncc(Cl)c1C(=O)C1CCNC1. The van der Waals surface area contributed by atoms with Gasteiger partial charge in [0.2, 0.25) is 0 Å². The molecule has 0 aromatic carbocycles. The molecule has 1 unspecified atom stereocenters. The Morgan fingerprint density at radius 3 is 3.24 bits per heavy atom. The van der Waals surface area contributed by atoms with Gasteiger partial charge in [0.25, 0.3) is 0 Å². The topological polar surface area (TPSA) is 56.2 Å². The molecular weight excluding hydrogens is 242 g/mol. The van der Waals surface area contributed by atoms with E-state index in [1.165, 1.54) is 6.20 Å². The first kappa shape index (κ1) is 12.5. The molecule has 0 spiro atoms. The fourth-order valence-electron chi connectivity index (χ4n) is 2.03. The summed E-state index contributed by atoms with van der Waals surface area (Å²) in [6, 6.07) is 0. The Morgan fingerprint density at radius 2 is 2.59 bits per heavy atom. The second-order valence-electron chi connectivity index (χ2n) is 4.11. The fraction of sp³-hybridized carbons (Fsp3) is 0.636. The third-order valence-electron chi connectivity index (χ3n) is 2.97. The number of carbonyl (C=O) groups excluding carboxylic acids is 1. The lowest BCUT2D eigenvalue weighted by Gasteiger charge is -2.10. The summed E-state index contributed by atoms with van der Waals surface area (Å²) in [4.78, 5) is 12.3. The Hall–Kier alpha value is -0.910. The predicted octanol–water partition coefficient (Wildman–Crippen LogP) is 0.975. The molecule has 1 atom stereocenters. The second-order valence-corrected chi connectivity index (χ2v) is 4.52. The highest BCUT2D eigenvalue weighted by molar-refractivity contribution is 6.33. The van der Waals surface area contributed by atoms with Crippen molar-refractivity contribution >= 4 is 17.4 Å². The van der Waals surface area contributed by atoms with E-state index >= 15 is 0 Å². The Balaban J connectivity index is 2.17. The van der Waals surface area contributed by atoms with Crippen LogP contribution in [0.3, 0.4) is 0 Å². The van der Waals surface area contributed by atoms with Crippen LogP contribution in [0.1, 0.15) is 16.9 Å². The summed E-state index contributed by atoms with van der Waals surface area (Å²) in [5, 5.41) is 7.72. The number of halogens is 1. The molecule has 5 nitrogen and oxygen atoms in total. The van der Waals surface area contributed by atoms with Crippen LogP contribution in [0.4, 0.5) is 0 Å². The highest BCUT2D eigenvalue weighted by atomic mass is 35.5. The van der Waals surface area contributed by atoms with Crippen LogP contribution >= 0.6 is 11.6 Å². The number of rotatable bonds is 5. The molecule has 0 radical (unpaired) electrons. The number of carbonyl (C=O) groups is 1. The fourth-order valence-corrected chi connectivity index (χ4v) is 2.26. The van der Waals surface area contributed by atoms with Crippen molar-refractivity contribution in [3.8, 4) is 0 Å². The van der Waals surface area contributed by atoms with Gasteiger partial charge in [0, 0.05) is 19.6 Å². The zero-order valence-electron chi connectivity index (χ0n) is 9.78. The summed E-state index contributed by atoms with van der Waals surface area (Å²) in [6.07, 6.45) is 2.39. The first-order valence-electron chi connectivity index (χ1n) is 5.69. The van der Waals surface area contributed by atoms with E-state index in [4.69, 9.17) is 16.3 Å². The normalized spacial score (nSPS) is 19.8. The lowest BCUT2D eigenvalue weighted by atomic mass is 10.0. The van der Waals surface area contributed by atoms with Crippen LogP contribution in [0, 0.1) is 5.92 Å². The van der Waals surface area contributed by atoms with Gasteiger partial charge in [-0.25, -0.2) is 0 Å². The monoisotopic (exact) mass is 257 g/mol. The third-order valence-corrected chi connectivity index (χ3v) is 3.24. The van der Waals surface area contributed by atoms with Crippen molar-refractivity contribution in [3.63, 3.8) is 0 Å². The second kappa shape index (κ2) is 5.62. The molecule has 6 heteroatoms. The maximum atomic E-state index is 12.3. The van der Waals surface area contributed by atoms with E-state index in [-0.39, 0.29) is 11.7 Å². The Morgan fingerprint density at radius 1 is 1.76 bits per heavy atom. The van der Waals surface area contributed by atoms with Crippen molar-refractivity contribution in [1.29, 1.82) is 0 Å². The number of methoxy groups -OCH3 is 1. The van der Waals surface area contributed by atoms with E-state index in [0.29, 0.717) is 23.9 Å². The Kier molecular flexibility index (Phi) is 4.15. The zero-order chi connectivity index (χ0) is 12.3. The molecule has 1 saturated heterocycles. The molecule has 2 rings (SSSR count). The number of aromatic nitrogens is 2. The number of nitrogens with one attached hydrogen (secondary N) is 1. The first-order valence-corrected chi connectivity index (χ1v) is 6.07. The molecular formula is C11H16ClN3O2. The molecule has 0 bridgehead atoms. The van der Waals surface area contributed by atoms with Gasteiger partial charge in [0.05, 0.1) is 24.4 Å². The van der Waals surface area contributed by atoms with Gasteiger partial charge in [-0.3, -0.25) is 9.48 Å². The van der Waals surface area contributed by atoms with Crippen LogP contribution in [0.5, 0.6) is 0 Å². The van der Waals surface area contributed by atoms with Crippen LogP contribution in [-0.4, -0.2) is 42.4 Å². The minimum absolute atomic E-state index is 0.0190. The first-order chi connectivity index (χ1) is 8.24. The lowest BCUT2D eigenvalue weighted by molar-refractivity contribution is 0.0916. The summed E-state index contributed by atoms with van der Waals surface area (Å²) in [7, 11) is 1.62. The minimum Gasteiger partial charge on any atom is -0.383 e. The maximum absolute atomic E-state index is 12.3. The van der Waals surface area contributed by atoms with Crippen LogP contribution in [-0.2, 0) is 11.3 Å². The lowest BCUT2D eigenvalue weighted by Crippen LogP contribution is -2.22. The van der Waals surface area contributed by atoms with E-state index in [0.717, 1.165) is 19.5 Å². The van der Waals surface area contributed by atoms with Crippen molar-refractivity contribution in [1.82, 2.24) is 15.1 Å². The largest absolute Gasteiger partial charge is 0.383 e. The number of hydrogen-bond donors (Lipinski definition) is 1. The summed E-state index contributed by atoms with van der Waals surface area (Å²) in [5.74, 6) is 0.0964. The van der Waals surface area contributed by atoms with Gasteiger partial charge in [-0.2, -0.15) is 5.10 Å². The van der Waals surface area contributed by atoms with Crippen molar-refractivity contribution in [2.24, 2.45) is 5.92 Å². The Labute approximate surface area is 105 Å². The number of ketones is 1. The molecule has 1 aliphatic heterocycles. The summed E-state index contributed by atoms with van der Waals surface area (Å²) >= 11 is 6.03. The molecule has 17 heavy (non-hydrogen) atoms. The van der Waals surface area contributed by atoms with E-state index < -0.39 is 0 Å². The average Bonchev–Trinajstić information content (AvgIpc) is 2.95. The van der Waals surface area contributed by atoms with Gasteiger partial charge >= 0.3 is 0 Å². The van der Waals surface area contributed by atoms with Gasteiger partial charge in [0.15, 0.2) is 5.78 Å². The number of ether oxygens (including phenoxy) is 1. The molecule has 0 saturated carbocycles. The smallest absolute Gasteiger partial charge is 0.186 e. The molecule has 1 N–H and O–H groups in total. The number of hydrogen-bond acceptors (Lipinski definition) is 4. The molecule has 2 heterocycles. The molecule has 1 fully saturated rings. The van der Waals surface area contributed by atoms with Crippen molar-refractivity contribution in [2.45, 2.75) is 13.0 Å². The van der Waals surface area contributed by atoms with Crippen LogP contribution in [0.15, 0.2) is 6.20 Å². The van der Waals surface area contributed by atoms with Crippen molar-refractivity contribution in [2.75, 3.05) is 26.8 Å². The summed E-state index contributed by atoms with van der Waals surface area (Å²) in [6.45, 7) is 2.68. The summed E-state index contributed by atoms with van der Waals surface area (Å²) in [5.41, 5.74) is 0.511. The molecule has 1 aliphatic rings. The van der Waals surface area contributed by atoms with Gasteiger partial charge in [-0.05, 0) is 13.0 Å². The van der Waals surface area contributed by atoms with Gasteiger partial charge in [0.1, 0.15) is 5.69 Å². The maximum Gasteiger partial charge on any atom is 0.186 e. The predicted molar refractivity (Wildman–Crippen MR) is 64.4 cm³/mol. The highest BCUT2D eigenvalue weighted by Gasteiger charge is 2.28. The quantitative estimate of drug-likeness (QED) is 0.799. The van der Waals surface area contributed by atoms with E-state index in [2.05, 4.69) is 10.4 Å². The van der Waals surface area contributed by atoms with E-state index in [1.807, 2.05) is 0 Å². The molecule has 1 aromatic rings. The molecule has 0 amide bonds.